The molecular weight excluding hydrogens is 278 g/mol. The zero-order valence-electron chi connectivity index (χ0n) is 13.1. The molecule has 0 aliphatic carbocycles. The fourth-order valence-electron chi connectivity index (χ4n) is 2.79. The van der Waals surface area contributed by atoms with E-state index in [1.54, 1.807) is 6.20 Å². The Bertz CT molecular complexity index is 559. The van der Waals surface area contributed by atoms with E-state index in [9.17, 15) is 0 Å². The molecule has 2 N–H and O–H groups in total. The molecule has 1 aliphatic rings. The number of hydrogen-bond acceptors (Lipinski definition) is 5. The van der Waals surface area contributed by atoms with Crippen molar-refractivity contribution in [2.24, 2.45) is 0 Å². The molecule has 2 aromatic rings. The monoisotopic (exact) mass is 301 g/mol. The number of morpholine rings is 1. The molecule has 3 heterocycles. The van der Waals surface area contributed by atoms with Gasteiger partial charge in [0.15, 0.2) is 0 Å². The summed E-state index contributed by atoms with van der Waals surface area (Å²) < 4.78 is 5.76. The number of imidazole rings is 1. The summed E-state index contributed by atoms with van der Waals surface area (Å²) in [7, 11) is 0. The summed E-state index contributed by atoms with van der Waals surface area (Å²) in [5, 5.41) is 3.35. The average molecular weight is 301 g/mol. The highest BCUT2D eigenvalue weighted by atomic mass is 16.5. The van der Waals surface area contributed by atoms with E-state index in [0.29, 0.717) is 0 Å². The van der Waals surface area contributed by atoms with Crippen LogP contribution in [0.3, 0.4) is 0 Å². The zero-order chi connectivity index (χ0) is 15.4. The summed E-state index contributed by atoms with van der Waals surface area (Å²) in [4.78, 5) is 14.1. The van der Waals surface area contributed by atoms with Crippen LogP contribution in [0.4, 0.5) is 5.82 Å². The number of aromatic nitrogens is 3. The zero-order valence-corrected chi connectivity index (χ0v) is 13.1. The predicted molar refractivity (Wildman–Crippen MR) is 85.6 cm³/mol. The van der Waals surface area contributed by atoms with Crippen molar-refractivity contribution in [1.29, 1.82) is 0 Å². The van der Waals surface area contributed by atoms with Crippen LogP contribution in [0, 0.1) is 0 Å². The van der Waals surface area contributed by atoms with Gasteiger partial charge in [-0.05, 0) is 25.5 Å². The highest BCUT2D eigenvalue weighted by molar-refractivity contribution is 5.40. The molecule has 6 heteroatoms. The Morgan fingerprint density at radius 2 is 2.05 bits per heavy atom. The van der Waals surface area contributed by atoms with Gasteiger partial charge in [0.2, 0.25) is 0 Å². The fraction of sp³-hybridized carbons (Fsp3) is 0.500. The topological polar surface area (TPSA) is 66.1 Å². The lowest BCUT2D eigenvalue weighted by atomic mass is 10.2. The van der Waals surface area contributed by atoms with Crippen molar-refractivity contribution < 1.29 is 4.74 Å². The van der Waals surface area contributed by atoms with Crippen LogP contribution in [0.25, 0.3) is 0 Å². The van der Waals surface area contributed by atoms with Gasteiger partial charge in [0, 0.05) is 38.2 Å². The second-order valence-electron chi connectivity index (χ2n) is 5.83. The van der Waals surface area contributed by atoms with Crippen molar-refractivity contribution in [3.05, 3.63) is 42.1 Å². The van der Waals surface area contributed by atoms with E-state index in [1.807, 2.05) is 12.4 Å². The molecule has 3 rings (SSSR count). The van der Waals surface area contributed by atoms with Crippen LogP contribution in [-0.4, -0.2) is 40.2 Å². The lowest BCUT2D eigenvalue weighted by Gasteiger charge is -2.36. The summed E-state index contributed by atoms with van der Waals surface area (Å²) in [6.45, 7) is 7.52. The molecule has 2 unspecified atom stereocenters. The summed E-state index contributed by atoms with van der Waals surface area (Å²) in [6.07, 6.45) is 6.03. The summed E-state index contributed by atoms with van der Waals surface area (Å²) >= 11 is 0. The number of anilines is 1. The summed E-state index contributed by atoms with van der Waals surface area (Å²) in [5.74, 6) is 1.97. The number of ether oxygens (including phenoxy) is 1. The summed E-state index contributed by atoms with van der Waals surface area (Å²) in [6, 6.07) is 4.22. The second kappa shape index (κ2) is 6.89. The van der Waals surface area contributed by atoms with Crippen LogP contribution in [-0.2, 0) is 17.8 Å². The molecule has 2 aromatic heterocycles. The SMILES string of the molecule is CC1CN(c2ccc(CNCc3ncc[nH]3)cn2)CC(C)O1. The quantitative estimate of drug-likeness (QED) is 0.880. The summed E-state index contributed by atoms with van der Waals surface area (Å²) in [5.41, 5.74) is 1.17. The molecule has 0 spiro atoms. The standard InChI is InChI=1S/C16H23N5O/c1-12-10-21(11-13(2)22-12)16-4-3-14(8-20-16)7-17-9-15-18-5-6-19-15/h3-6,8,12-13,17H,7,9-11H2,1-2H3,(H,18,19). The normalized spacial score (nSPS) is 22.0. The lowest BCUT2D eigenvalue weighted by Crippen LogP contribution is -2.45. The van der Waals surface area contributed by atoms with Crippen molar-refractivity contribution in [2.45, 2.75) is 39.1 Å². The first-order valence-corrected chi connectivity index (χ1v) is 7.75. The van der Waals surface area contributed by atoms with E-state index < -0.39 is 0 Å². The van der Waals surface area contributed by atoms with Gasteiger partial charge in [-0.2, -0.15) is 0 Å². The Balaban J connectivity index is 1.53. The van der Waals surface area contributed by atoms with Crippen LogP contribution in [0.5, 0.6) is 0 Å². The number of aromatic amines is 1. The second-order valence-corrected chi connectivity index (χ2v) is 5.83. The van der Waals surface area contributed by atoms with Gasteiger partial charge in [0.05, 0.1) is 18.8 Å². The molecule has 118 valence electrons. The minimum atomic E-state index is 0.250. The Hall–Kier alpha value is -1.92. The van der Waals surface area contributed by atoms with E-state index in [1.165, 1.54) is 5.56 Å². The van der Waals surface area contributed by atoms with E-state index in [4.69, 9.17) is 4.74 Å². The number of H-pyrrole nitrogens is 1. The maximum Gasteiger partial charge on any atom is 0.128 e. The van der Waals surface area contributed by atoms with Crippen LogP contribution in [0.1, 0.15) is 25.2 Å². The van der Waals surface area contributed by atoms with E-state index >= 15 is 0 Å². The van der Waals surface area contributed by atoms with E-state index in [2.05, 4.69) is 51.1 Å². The van der Waals surface area contributed by atoms with Crippen LogP contribution >= 0.6 is 0 Å². The lowest BCUT2D eigenvalue weighted by molar-refractivity contribution is -0.00545. The van der Waals surface area contributed by atoms with Gasteiger partial charge in [-0.25, -0.2) is 9.97 Å². The average Bonchev–Trinajstić information content (AvgIpc) is 3.00. The third-order valence-electron chi connectivity index (χ3n) is 3.73. The van der Waals surface area contributed by atoms with Gasteiger partial charge in [-0.15, -0.1) is 0 Å². The molecule has 6 nitrogen and oxygen atoms in total. The van der Waals surface area contributed by atoms with Gasteiger partial charge >= 0.3 is 0 Å². The highest BCUT2D eigenvalue weighted by Gasteiger charge is 2.22. The van der Waals surface area contributed by atoms with Crippen molar-refractivity contribution in [3.8, 4) is 0 Å². The first-order valence-electron chi connectivity index (χ1n) is 7.75. The molecule has 1 saturated heterocycles. The number of nitrogens with zero attached hydrogens (tertiary/aromatic N) is 3. The molecule has 1 fully saturated rings. The highest BCUT2D eigenvalue weighted by Crippen LogP contribution is 2.18. The van der Waals surface area contributed by atoms with Gasteiger partial charge in [0.1, 0.15) is 11.6 Å². The van der Waals surface area contributed by atoms with Crippen LogP contribution in [0.15, 0.2) is 30.7 Å². The number of hydrogen-bond donors (Lipinski definition) is 2. The van der Waals surface area contributed by atoms with E-state index in [0.717, 1.165) is 37.8 Å². The molecule has 0 amide bonds. The third kappa shape index (κ3) is 3.84. The van der Waals surface area contributed by atoms with Gasteiger partial charge < -0.3 is 19.9 Å². The van der Waals surface area contributed by atoms with Crippen molar-refractivity contribution in [1.82, 2.24) is 20.3 Å². The van der Waals surface area contributed by atoms with Crippen molar-refractivity contribution in [2.75, 3.05) is 18.0 Å². The third-order valence-corrected chi connectivity index (χ3v) is 3.73. The molecule has 22 heavy (non-hydrogen) atoms. The maximum atomic E-state index is 5.76. The minimum Gasteiger partial charge on any atom is -0.372 e. The minimum absolute atomic E-state index is 0.250. The van der Waals surface area contributed by atoms with Crippen molar-refractivity contribution >= 4 is 5.82 Å². The molecule has 1 aliphatic heterocycles. The van der Waals surface area contributed by atoms with E-state index in [-0.39, 0.29) is 12.2 Å². The Morgan fingerprint density at radius 3 is 2.68 bits per heavy atom. The maximum absolute atomic E-state index is 5.76. The molecule has 0 bridgehead atoms. The van der Waals surface area contributed by atoms with Crippen molar-refractivity contribution in [3.63, 3.8) is 0 Å². The van der Waals surface area contributed by atoms with Crippen LogP contribution < -0.4 is 10.2 Å². The van der Waals surface area contributed by atoms with Gasteiger partial charge in [-0.3, -0.25) is 0 Å². The molecule has 0 saturated carbocycles. The van der Waals surface area contributed by atoms with Gasteiger partial charge in [-0.1, -0.05) is 6.07 Å². The largest absolute Gasteiger partial charge is 0.372 e. The van der Waals surface area contributed by atoms with Crippen LogP contribution in [0.2, 0.25) is 0 Å². The molecule has 2 atom stereocenters. The fourth-order valence-corrected chi connectivity index (χ4v) is 2.79. The van der Waals surface area contributed by atoms with Gasteiger partial charge in [0.25, 0.3) is 0 Å². The Kier molecular flexibility index (Phi) is 4.70. The Labute approximate surface area is 130 Å². The predicted octanol–water partition coefficient (Wildman–Crippen LogP) is 1.71. The number of pyridine rings is 1. The first kappa shape index (κ1) is 15.0. The number of rotatable bonds is 5. The number of nitrogens with one attached hydrogen (secondary N) is 2. The Morgan fingerprint density at radius 1 is 1.23 bits per heavy atom. The molecule has 0 radical (unpaired) electrons. The molecular formula is C16H23N5O. The first-order chi connectivity index (χ1) is 10.7. The molecule has 0 aromatic carbocycles. The smallest absolute Gasteiger partial charge is 0.128 e.